The first kappa shape index (κ1) is 21.3. The minimum atomic E-state index is -3.39. The molecule has 1 aliphatic heterocycles. The molecule has 3 rings (SSSR count). The van der Waals surface area contributed by atoms with E-state index in [4.69, 9.17) is 0 Å². The molecule has 0 unspecified atom stereocenters. The van der Waals surface area contributed by atoms with Gasteiger partial charge in [0.1, 0.15) is 0 Å². The van der Waals surface area contributed by atoms with Crippen molar-refractivity contribution in [2.24, 2.45) is 18.0 Å². The van der Waals surface area contributed by atoms with E-state index in [0.717, 1.165) is 37.6 Å². The minimum absolute atomic E-state index is 0.369. The Morgan fingerprint density at radius 1 is 1.17 bits per heavy atom. The van der Waals surface area contributed by atoms with Crippen LogP contribution in [0.2, 0.25) is 0 Å². The average molecular weight is 419 g/mol. The van der Waals surface area contributed by atoms with Gasteiger partial charge < -0.3 is 10.6 Å². The maximum Gasteiger partial charge on any atom is 0.243 e. The Hall–Kier alpha value is -2.39. The van der Waals surface area contributed by atoms with Crippen LogP contribution in [-0.2, 0) is 23.6 Å². The molecule has 0 amide bonds. The van der Waals surface area contributed by atoms with Crippen LogP contribution in [-0.4, -0.2) is 54.6 Å². The van der Waals surface area contributed by atoms with Crippen LogP contribution in [0.25, 0.3) is 0 Å². The van der Waals surface area contributed by atoms with E-state index in [2.05, 4.69) is 20.7 Å². The summed E-state index contributed by atoms with van der Waals surface area (Å²) in [6, 6.07) is 10.6. The third-order valence-corrected chi connectivity index (χ3v) is 7.09. The zero-order valence-electron chi connectivity index (χ0n) is 17.1. The van der Waals surface area contributed by atoms with Crippen LogP contribution in [0.1, 0.15) is 25.5 Å². The normalized spacial score (nSPS) is 16.7. The van der Waals surface area contributed by atoms with Crippen LogP contribution in [0.15, 0.2) is 52.5 Å². The molecular weight excluding hydrogens is 388 g/mol. The summed E-state index contributed by atoms with van der Waals surface area (Å²) in [4.78, 5) is 4.99. The number of aliphatic imine (C=N–C) groups is 1. The molecule has 1 saturated heterocycles. The third kappa shape index (κ3) is 5.57. The Morgan fingerprint density at radius 3 is 2.52 bits per heavy atom. The maximum atomic E-state index is 12.7. The fourth-order valence-corrected chi connectivity index (χ4v) is 4.89. The SMILES string of the molecule is CCNC(=NCc1ccnn1C)NCC1CCN(S(=O)(=O)c2ccccc2)CC1. The highest BCUT2D eigenvalue weighted by Gasteiger charge is 2.29. The second kappa shape index (κ2) is 9.89. The summed E-state index contributed by atoms with van der Waals surface area (Å²) in [5.74, 6) is 1.19. The zero-order valence-corrected chi connectivity index (χ0v) is 17.9. The van der Waals surface area contributed by atoms with Gasteiger partial charge in [-0.1, -0.05) is 18.2 Å². The van der Waals surface area contributed by atoms with Crippen LogP contribution in [0.3, 0.4) is 0 Å². The molecule has 2 N–H and O–H groups in total. The molecule has 1 fully saturated rings. The number of nitrogens with zero attached hydrogens (tertiary/aromatic N) is 4. The number of hydrogen-bond donors (Lipinski definition) is 2. The summed E-state index contributed by atoms with van der Waals surface area (Å²) in [7, 11) is -1.49. The number of aromatic nitrogens is 2. The molecule has 1 aromatic heterocycles. The topological polar surface area (TPSA) is 91.6 Å². The molecule has 2 aromatic rings. The molecule has 1 aliphatic rings. The van der Waals surface area contributed by atoms with E-state index in [1.807, 2.05) is 30.8 Å². The van der Waals surface area contributed by atoms with Crippen LogP contribution in [0, 0.1) is 5.92 Å². The minimum Gasteiger partial charge on any atom is -0.357 e. The summed E-state index contributed by atoms with van der Waals surface area (Å²) in [6.45, 7) is 5.24. The van der Waals surface area contributed by atoms with Crippen LogP contribution < -0.4 is 10.6 Å². The lowest BCUT2D eigenvalue weighted by Gasteiger charge is -2.31. The standard InChI is InChI=1S/C20H30N6O2S/c1-3-21-20(23-16-18-9-12-24-25(18)2)22-15-17-10-13-26(14-11-17)29(27,28)19-7-5-4-6-8-19/h4-9,12,17H,3,10-11,13-16H2,1-2H3,(H2,21,22,23). The Kier molecular flexibility index (Phi) is 7.27. The van der Waals surface area contributed by atoms with Crippen LogP contribution >= 0.6 is 0 Å². The molecule has 0 saturated carbocycles. The predicted molar refractivity (Wildman–Crippen MR) is 114 cm³/mol. The number of hydrogen-bond acceptors (Lipinski definition) is 4. The molecule has 158 valence electrons. The van der Waals surface area contributed by atoms with Gasteiger partial charge in [-0.2, -0.15) is 9.40 Å². The quantitative estimate of drug-likeness (QED) is 0.526. The van der Waals surface area contributed by atoms with Gasteiger partial charge in [-0.05, 0) is 43.9 Å². The van der Waals surface area contributed by atoms with Crippen molar-refractivity contribution < 1.29 is 8.42 Å². The van der Waals surface area contributed by atoms with E-state index < -0.39 is 10.0 Å². The molecule has 8 nitrogen and oxygen atoms in total. The van der Waals surface area contributed by atoms with Gasteiger partial charge in [-0.25, -0.2) is 13.4 Å². The maximum absolute atomic E-state index is 12.7. The number of aryl methyl sites for hydroxylation is 1. The van der Waals surface area contributed by atoms with Crippen molar-refractivity contribution >= 4 is 16.0 Å². The third-order valence-electron chi connectivity index (χ3n) is 5.18. The van der Waals surface area contributed by atoms with Crippen molar-refractivity contribution in [1.29, 1.82) is 0 Å². The van der Waals surface area contributed by atoms with Crippen LogP contribution in [0.4, 0.5) is 0 Å². The highest BCUT2D eigenvalue weighted by atomic mass is 32.2. The summed E-state index contributed by atoms with van der Waals surface area (Å²) in [6.07, 6.45) is 3.43. The Balaban J connectivity index is 1.51. The summed E-state index contributed by atoms with van der Waals surface area (Å²) in [5.41, 5.74) is 1.04. The highest BCUT2D eigenvalue weighted by Crippen LogP contribution is 2.23. The second-order valence-corrected chi connectivity index (χ2v) is 9.12. The summed E-state index contributed by atoms with van der Waals surface area (Å²) >= 11 is 0. The van der Waals surface area contributed by atoms with Crippen molar-refractivity contribution in [1.82, 2.24) is 24.7 Å². The van der Waals surface area contributed by atoms with Crippen molar-refractivity contribution in [2.45, 2.75) is 31.2 Å². The van der Waals surface area contributed by atoms with Gasteiger partial charge in [0.05, 0.1) is 17.1 Å². The fraction of sp³-hybridized carbons (Fsp3) is 0.500. The molecular formula is C20H30N6O2S. The molecule has 0 aliphatic carbocycles. The van der Waals surface area contributed by atoms with Gasteiger partial charge in [0.25, 0.3) is 0 Å². The van der Waals surface area contributed by atoms with Crippen molar-refractivity contribution in [2.75, 3.05) is 26.2 Å². The van der Waals surface area contributed by atoms with E-state index in [1.165, 1.54) is 0 Å². The van der Waals surface area contributed by atoms with Gasteiger partial charge in [-0.3, -0.25) is 4.68 Å². The average Bonchev–Trinajstić information content (AvgIpc) is 3.16. The van der Waals surface area contributed by atoms with E-state index in [1.54, 1.807) is 34.8 Å². The number of nitrogens with one attached hydrogen (secondary N) is 2. The highest BCUT2D eigenvalue weighted by molar-refractivity contribution is 7.89. The molecule has 0 atom stereocenters. The first-order valence-corrected chi connectivity index (χ1v) is 11.5. The molecule has 29 heavy (non-hydrogen) atoms. The van der Waals surface area contributed by atoms with Crippen molar-refractivity contribution in [3.05, 3.63) is 48.3 Å². The Labute approximate surface area is 173 Å². The second-order valence-electron chi connectivity index (χ2n) is 7.18. The van der Waals surface area contributed by atoms with Gasteiger partial charge in [0, 0.05) is 39.4 Å². The van der Waals surface area contributed by atoms with E-state index in [-0.39, 0.29) is 0 Å². The zero-order chi connectivity index (χ0) is 20.7. The molecule has 0 radical (unpaired) electrons. The van der Waals surface area contributed by atoms with E-state index in [0.29, 0.717) is 30.4 Å². The number of sulfonamides is 1. The predicted octanol–water partition coefficient (Wildman–Crippen LogP) is 1.58. The molecule has 2 heterocycles. The summed E-state index contributed by atoms with van der Waals surface area (Å²) in [5, 5.41) is 10.8. The molecule has 0 spiro atoms. The van der Waals surface area contributed by atoms with E-state index >= 15 is 0 Å². The number of rotatable bonds is 7. The molecule has 9 heteroatoms. The van der Waals surface area contributed by atoms with Gasteiger partial charge >= 0.3 is 0 Å². The number of benzene rings is 1. The Bertz CT molecular complexity index is 902. The first-order valence-electron chi connectivity index (χ1n) is 10.0. The van der Waals surface area contributed by atoms with E-state index in [9.17, 15) is 8.42 Å². The van der Waals surface area contributed by atoms with Gasteiger partial charge in [-0.15, -0.1) is 0 Å². The lowest BCUT2D eigenvalue weighted by molar-refractivity contribution is 0.273. The molecule has 0 bridgehead atoms. The number of piperidine rings is 1. The van der Waals surface area contributed by atoms with Gasteiger partial charge in [0.15, 0.2) is 5.96 Å². The monoisotopic (exact) mass is 418 g/mol. The fourth-order valence-electron chi connectivity index (χ4n) is 3.39. The lowest BCUT2D eigenvalue weighted by atomic mass is 9.98. The first-order chi connectivity index (χ1) is 14.0. The molecule has 1 aromatic carbocycles. The Morgan fingerprint density at radius 2 is 1.90 bits per heavy atom. The van der Waals surface area contributed by atoms with Gasteiger partial charge in [0.2, 0.25) is 10.0 Å². The van der Waals surface area contributed by atoms with Crippen LogP contribution in [0.5, 0.6) is 0 Å². The summed E-state index contributed by atoms with van der Waals surface area (Å²) < 4.78 is 28.9. The van der Waals surface area contributed by atoms with Crippen molar-refractivity contribution in [3.63, 3.8) is 0 Å². The smallest absolute Gasteiger partial charge is 0.243 e. The lowest BCUT2D eigenvalue weighted by Crippen LogP contribution is -2.44. The number of guanidine groups is 1. The van der Waals surface area contributed by atoms with Crippen molar-refractivity contribution in [3.8, 4) is 0 Å². The largest absolute Gasteiger partial charge is 0.357 e.